The highest BCUT2D eigenvalue weighted by Gasteiger charge is 2.26. The van der Waals surface area contributed by atoms with Gasteiger partial charge in [0.25, 0.3) is 0 Å². The lowest BCUT2D eigenvalue weighted by Gasteiger charge is -2.31. The molecule has 0 spiro atoms. The summed E-state index contributed by atoms with van der Waals surface area (Å²) in [6, 6.07) is 18.9. The Balaban J connectivity index is 1.80. The van der Waals surface area contributed by atoms with Crippen molar-refractivity contribution in [3.63, 3.8) is 0 Å². The number of benzene rings is 2. The molecule has 0 bridgehead atoms. The summed E-state index contributed by atoms with van der Waals surface area (Å²) in [5, 5.41) is 5.00. The zero-order valence-electron chi connectivity index (χ0n) is 21.0. The lowest BCUT2D eigenvalue weighted by Crippen LogP contribution is -2.47. The molecule has 0 aliphatic carbocycles. The second-order valence-corrected chi connectivity index (χ2v) is 9.51. The van der Waals surface area contributed by atoms with Crippen molar-refractivity contribution >= 4 is 29.0 Å². The predicted octanol–water partition coefficient (Wildman–Crippen LogP) is 6.32. The molecule has 186 valence electrons. The lowest BCUT2D eigenvalue weighted by molar-refractivity contribution is -0.133. The van der Waals surface area contributed by atoms with E-state index < -0.39 is 0 Å². The van der Waals surface area contributed by atoms with Gasteiger partial charge in [-0.25, -0.2) is 4.79 Å². The Kier molecular flexibility index (Phi) is 9.73. The third-order valence-electron chi connectivity index (χ3n) is 5.99. The lowest BCUT2D eigenvalue weighted by atomic mass is 10.2. The van der Waals surface area contributed by atoms with Crippen LogP contribution in [-0.4, -0.2) is 40.9 Å². The van der Waals surface area contributed by atoms with E-state index in [9.17, 15) is 9.59 Å². The summed E-state index contributed by atoms with van der Waals surface area (Å²) in [7, 11) is 0. The van der Waals surface area contributed by atoms with Crippen LogP contribution in [0.15, 0.2) is 66.0 Å². The third-order valence-corrected chi connectivity index (χ3v) is 7.00. The average Bonchev–Trinajstić information content (AvgIpc) is 3.27. The topological polar surface area (TPSA) is 61.9 Å². The van der Waals surface area contributed by atoms with Crippen molar-refractivity contribution in [2.45, 2.75) is 53.2 Å². The highest BCUT2D eigenvalue weighted by Crippen LogP contribution is 2.25. The first-order valence-corrected chi connectivity index (χ1v) is 12.9. The molecule has 3 rings (SSSR count). The van der Waals surface area contributed by atoms with E-state index in [0.29, 0.717) is 31.1 Å². The van der Waals surface area contributed by atoms with Crippen LogP contribution < -0.4 is 10.1 Å². The Bertz CT molecular complexity index is 1100. The van der Waals surface area contributed by atoms with Gasteiger partial charge in [0.1, 0.15) is 12.3 Å². The van der Waals surface area contributed by atoms with Crippen LogP contribution in [-0.2, 0) is 17.9 Å². The summed E-state index contributed by atoms with van der Waals surface area (Å²) in [6.07, 6.45) is 0.733. The second-order valence-electron chi connectivity index (χ2n) is 8.51. The van der Waals surface area contributed by atoms with Crippen LogP contribution in [0.5, 0.6) is 5.75 Å². The third kappa shape index (κ3) is 7.33. The zero-order valence-corrected chi connectivity index (χ0v) is 21.8. The second kappa shape index (κ2) is 13.0. The van der Waals surface area contributed by atoms with Crippen LogP contribution >= 0.6 is 11.3 Å². The minimum Gasteiger partial charge on any atom is -0.492 e. The van der Waals surface area contributed by atoms with Gasteiger partial charge < -0.3 is 19.9 Å². The minimum atomic E-state index is -0.313. The van der Waals surface area contributed by atoms with Crippen molar-refractivity contribution < 1.29 is 14.3 Å². The number of amides is 3. The fraction of sp³-hybridized carbons (Fsp3) is 0.357. The number of anilines is 1. The summed E-state index contributed by atoms with van der Waals surface area (Å²) in [5.74, 6) is 0.521. The van der Waals surface area contributed by atoms with Crippen LogP contribution in [0.3, 0.4) is 0 Å². The number of nitrogens with one attached hydrogen (secondary N) is 1. The van der Waals surface area contributed by atoms with Gasteiger partial charge in [0.15, 0.2) is 0 Å². The van der Waals surface area contributed by atoms with Crippen molar-refractivity contribution in [2.75, 3.05) is 18.5 Å². The summed E-state index contributed by atoms with van der Waals surface area (Å²) in [6.45, 7) is 9.43. The molecule has 0 aliphatic heterocycles. The molecule has 0 aliphatic rings. The van der Waals surface area contributed by atoms with Crippen molar-refractivity contribution in [1.82, 2.24) is 9.80 Å². The summed E-state index contributed by atoms with van der Waals surface area (Å²) < 4.78 is 5.65. The fourth-order valence-corrected chi connectivity index (χ4v) is 4.63. The van der Waals surface area contributed by atoms with Crippen molar-refractivity contribution in [3.8, 4) is 5.75 Å². The molecule has 0 saturated heterocycles. The number of para-hydroxylation sites is 2. The van der Waals surface area contributed by atoms with Gasteiger partial charge in [0.2, 0.25) is 5.91 Å². The molecule has 2 aromatic carbocycles. The molecule has 1 atom stereocenters. The maximum atomic E-state index is 13.6. The Hall–Kier alpha value is -3.32. The maximum Gasteiger partial charge on any atom is 0.322 e. The molecular weight excluding hydrogens is 458 g/mol. The van der Waals surface area contributed by atoms with Crippen LogP contribution in [0, 0.1) is 6.92 Å². The summed E-state index contributed by atoms with van der Waals surface area (Å²) >= 11 is 1.65. The zero-order chi connectivity index (χ0) is 25.2. The van der Waals surface area contributed by atoms with E-state index in [1.165, 1.54) is 5.56 Å². The number of ether oxygens (including phenoxy) is 1. The number of rotatable bonds is 11. The fourth-order valence-electron chi connectivity index (χ4n) is 3.71. The van der Waals surface area contributed by atoms with Gasteiger partial charge in [0, 0.05) is 17.5 Å². The van der Waals surface area contributed by atoms with Gasteiger partial charge in [0.05, 0.1) is 18.8 Å². The molecule has 0 radical (unpaired) electrons. The minimum absolute atomic E-state index is 0.00506. The van der Waals surface area contributed by atoms with Crippen LogP contribution in [0.25, 0.3) is 0 Å². The molecule has 1 unspecified atom stereocenters. The molecule has 6 nitrogen and oxygen atoms in total. The van der Waals surface area contributed by atoms with Crippen molar-refractivity contribution in [1.29, 1.82) is 0 Å². The maximum absolute atomic E-state index is 13.6. The molecule has 0 fully saturated rings. The highest BCUT2D eigenvalue weighted by atomic mass is 32.1. The standard InChI is InChI=1S/C28H35N3O3S/c1-5-22(4)31(28(33)29-24-14-10-11-15-25(24)34-6-2)20-27(32)30(18-23-12-8-7-9-13-23)19-26-21(3)16-17-35-26/h7-17,22H,5-6,18-20H2,1-4H3,(H,29,33). The molecule has 1 aromatic heterocycles. The average molecular weight is 494 g/mol. The number of aryl methyl sites for hydroxylation is 1. The summed E-state index contributed by atoms with van der Waals surface area (Å²) in [5.41, 5.74) is 2.82. The smallest absolute Gasteiger partial charge is 0.322 e. The Labute approximate surface area is 212 Å². The molecule has 1 heterocycles. The van der Waals surface area contributed by atoms with Gasteiger partial charge in [-0.15, -0.1) is 11.3 Å². The first-order valence-electron chi connectivity index (χ1n) is 12.1. The largest absolute Gasteiger partial charge is 0.492 e. The van der Waals surface area contributed by atoms with E-state index in [4.69, 9.17) is 4.74 Å². The van der Waals surface area contributed by atoms with Crippen LogP contribution in [0.1, 0.15) is 43.2 Å². The molecule has 1 N–H and O–H groups in total. The van der Waals surface area contributed by atoms with Gasteiger partial charge in [-0.2, -0.15) is 0 Å². The number of nitrogens with zero attached hydrogens (tertiary/aromatic N) is 2. The van der Waals surface area contributed by atoms with E-state index >= 15 is 0 Å². The van der Waals surface area contributed by atoms with Gasteiger partial charge in [-0.1, -0.05) is 49.4 Å². The number of hydrogen-bond acceptors (Lipinski definition) is 4. The van der Waals surface area contributed by atoms with E-state index in [2.05, 4.69) is 18.3 Å². The Morgan fingerprint density at radius 2 is 1.71 bits per heavy atom. The molecular formula is C28H35N3O3S. The Morgan fingerprint density at radius 3 is 2.37 bits per heavy atom. The molecule has 3 amide bonds. The van der Waals surface area contributed by atoms with Gasteiger partial charge >= 0.3 is 6.03 Å². The summed E-state index contributed by atoms with van der Waals surface area (Å²) in [4.78, 5) is 31.6. The van der Waals surface area contributed by atoms with Crippen molar-refractivity contribution in [2.24, 2.45) is 0 Å². The van der Waals surface area contributed by atoms with Gasteiger partial charge in [-0.05, 0) is 61.9 Å². The predicted molar refractivity (Wildman–Crippen MR) is 143 cm³/mol. The number of hydrogen-bond donors (Lipinski definition) is 1. The quantitative estimate of drug-likeness (QED) is 0.340. The first kappa shape index (κ1) is 26.3. The molecule has 3 aromatic rings. The SMILES string of the molecule is CCOc1ccccc1NC(=O)N(CC(=O)N(Cc1ccccc1)Cc1sccc1C)C(C)CC. The molecule has 35 heavy (non-hydrogen) atoms. The molecule has 0 saturated carbocycles. The number of urea groups is 1. The van der Waals surface area contributed by atoms with Crippen LogP contribution in [0.2, 0.25) is 0 Å². The monoisotopic (exact) mass is 493 g/mol. The first-order chi connectivity index (χ1) is 16.9. The number of carbonyl (C=O) groups excluding carboxylic acids is 2. The normalized spacial score (nSPS) is 11.5. The number of thiophene rings is 1. The van der Waals surface area contributed by atoms with E-state index in [1.807, 2.05) is 79.6 Å². The van der Waals surface area contributed by atoms with Gasteiger partial charge in [-0.3, -0.25) is 4.79 Å². The van der Waals surface area contributed by atoms with E-state index in [0.717, 1.165) is 16.9 Å². The highest BCUT2D eigenvalue weighted by molar-refractivity contribution is 7.10. The molecule has 7 heteroatoms. The van der Waals surface area contributed by atoms with Crippen LogP contribution in [0.4, 0.5) is 10.5 Å². The van der Waals surface area contributed by atoms with E-state index in [-0.39, 0.29) is 24.5 Å². The van der Waals surface area contributed by atoms with E-state index in [1.54, 1.807) is 22.3 Å². The number of carbonyl (C=O) groups is 2. The van der Waals surface area contributed by atoms with Crippen molar-refractivity contribution in [3.05, 3.63) is 82.0 Å². The Morgan fingerprint density at radius 1 is 1.00 bits per heavy atom.